The third-order valence-corrected chi connectivity index (χ3v) is 5.81. The lowest BCUT2D eigenvalue weighted by atomic mass is 10.1. The molecule has 4 rings (SSSR count). The van der Waals surface area contributed by atoms with Crippen molar-refractivity contribution in [2.75, 3.05) is 20.8 Å². The lowest BCUT2D eigenvalue weighted by Crippen LogP contribution is -2.32. The third kappa shape index (κ3) is 6.63. The average molecular weight is 483 g/mol. The van der Waals surface area contributed by atoms with Crippen molar-refractivity contribution in [3.05, 3.63) is 120 Å². The van der Waals surface area contributed by atoms with Crippen LogP contribution in [-0.2, 0) is 19.6 Å². The van der Waals surface area contributed by atoms with Gasteiger partial charge in [0.05, 0.1) is 14.2 Å². The van der Waals surface area contributed by atoms with Crippen LogP contribution >= 0.6 is 0 Å². The van der Waals surface area contributed by atoms with Gasteiger partial charge in [-0.1, -0.05) is 48.5 Å². The minimum Gasteiger partial charge on any atom is -0.497 e. The number of ether oxygens (including phenoxy) is 3. The summed E-state index contributed by atoms with van der Waals surface area (Å²) in [4.78, 5) is 19.7. The van der Waals surface area contributed by atoms with Crippen molar-refractivity contribution in [3.8, 4) is 17.2 Å². The number of carbonyl (C=O) groups is 1. The Morgan fingerprint density at radius 1 is 0.806 bits per heavy atom. The molecule has 4 aromatic rings. The average Bonchev–Trinajstić information content (AvgIpc) is 2.95. The molecule has 0 saturated heterocycles. The van der Waals surface area contributed by atoms with Crippen LogP contribution in [0.4, 0.5) is 0 Å². The molecule has 1 aromatic heterocycles. The fraction of sp³-hybridized carbons (Fsp3) is 0.200. The van der Waals surface area contributed by atoms with Gasteiger partial charge in [0, 0.05) is 37.0 Å². The summed E-state index contributed by atoms with van der Waals surface area (Å²) in [6.45, 7) is 1.38. The largest absolute Gasteiger partial charge is 0.497 e. The molecular formula is C30H30N2O4. The van der Waals surface area contributed by atoms with E-state index in [1.165, 1.54) is 0 Å². The Kier molecular flexibility index (Phi) is 8.54. The molecule has 0 fully saturated rings. The molecule has 6 heteroatoms. The van der Waals surface area contributed by atoms with Crippen molar-refractivity contribution in [1.29, 1.82) is 0 Å². The molecule has 1 heterocycles. The molecule has 0 N–H and O–H groups in total. The number of aromatic nitrogens is 1. The van der Waals surface area contributed by atoms with Crippen molar-refractivity contribution in [1.82, 2.24) is 9.88 Å². The summed E-state index contributed by atoms with van der Waals surface area (Å²) in [6.07, 6.45) is 2.41. The van der Waals surface area contributed by atoms with Gasteiger partial charge in [-0.05, 0) is 53.6 Å². The number of carbonyl (C=O) groups excluding carboxylic acids is 1. The van der Waals surface area contributed by atoms with Crippen molar-refractivity contribution in [2.45, 2.75) is 19.6 Å². The zero-order valence-corrected chi connectivity index (χ0v) is 20.6. The predicted molar refractivity (Wildman–Crippen MR) is 139 cm³/mol. The maximum absolute atomic E-state index is 13.5. The van der Waals surface area contributed by atoms with Crippen LogP contribution in [0.3, 0.4) is 0 Å². The van der Waals surface area contributed by atoms with Crippen LogP contribution in [0.15, 0.2) is 97.2 Å². The zero-order chi connectivity index (χ0) is 25.2. The number of hydrogen-bond acceptors (Lipinski definition) is 5. The molecule has 0 aliphatic rings. The van der Waals surface area contributed by atoms with E-state index in [0.717, 1.165) is 16.8 Å². The predicted octanol–water partition coefficient (Wildman–Crippen LogP) is 5.56. The van der Waals surface area contributed by atoms with Gasteiger partial charge in [0.2, 0.25) is 0 Å². The standard InChI is InChI=1S/C30H30N2O4/c1-34-27-13-8-11-25(20-27)30(33)32(18-16-26-12-6-7-17-31-26)21-24-14-15-28(29(19-24)35-2)36-22-23-9-4-3-5-10-23/h3-15,17,19-20H,16,18,21-22H2,1-2H3. The molecule has 184 valence electrons. The van der Waals surface area contributed by atoms with Gasteiger partial charge < -0.3 is 19.1 Å². The minimum absolute atomic E-state index is 0.0757. The lowest BCUT2D eigenvalue weighted by molar-refractivity contribution is 0.0744. The Hall–Kier alpha value is -4.32. The normalized spacial score (nSPS) is 10.5. The highest BCUT2D eigenvalue weighted by Gasteiger charge is 2.18. The molecule has 6 nitrogen and oxygen atoms in total. The maximum Gasteiger partial charge on any atom is 0.254 e. The van der Waals surface area contributed by atoms with Gasteiger partial charge in [-0.25, -0.2) is 0 Å². The van der Waals surface area contributed by atoms with E-state index in [1.54, 1.807) is 32.5 Å². The van der Waals surface area contributed by atoms with Gasteiger partial charge >= 0.3 is 0 Å². The molecule has 0 atom stereocenters. The van der Waals surface area contributed by atoms with Gasteiger partial charge in [-0.2, -0.15) is 0 Å². The molecule has 0 saturated carbocycles. The Morgan fingerprint density at radius 3 is 2.39 bits per heavy atom. The summed E-state index contributed by atoms with van der Waals surface area (Å²) in [6, 6.07) is 28.8. The van der Waals surface area contributed by atoms with Crippen LogP contribution < -0.4 is 14.2 Å². The monoisotopic (exact) mass is 482 g/mol. The molecule has 0 bridgehead atoms. The quantitative estimate of drug-likeness (QED) is 0.280. The first-order chi connectivity index (χ1) is 17.7. The molecule has 0 unspecified atom stereocenters. The summed E-state index contributed by atoms with van der Waals surface area (Å²) < 4.78 is 16.9. The fourth-order valence-electron chi connectivity index (χ4n) is 3.87. The smallest absolute Gasteiger partial charge is 0.254 e. The number of pyridine rings is 1. The minimum atomic E-state index is -0.0757. The first-order valence-corrected chi connectivity index (χ1v) is 11.8. The second kappa shape index (κ2) is 12.4. The van der Waals surface area contributed by atoms with Gasteiger partial charge in [0.25, 0.3) is 5.91 Å². The maximum atomic E-state index is 13.5. The lowest BCUT2D eigenvalue weighted by Gasteiger charge is -2.24. The zero-order valence-electron chi connectivity index (χ0n) is 20.6. The Morgan fingerprint density at radius 2 is 1.64 bits per heavy atom. The van der Waals surface area contributed by atoms with Crippen molar-refractivity contribution >= 4 is 5.91 Å². The second-order valence-corrected chi connectivity index (χ2v) is 8.29. The van der Waals surface area contributed by atoms with Crippen LogP contribution in [0, 0.1) is 0 Å². The third-order valence-electron chi connectivity index (χ3n) is 5.81. The van der Waals surface area contributed by atoms with E-state index in [9.17, 15) is 4.79 Å². The molecule has 0 aliphatic heterocycles. The molecule has 3 aromatic carbocycles. The van der Waals surface area contributed by atoms with E-state index < -0.39 is 0 Å². The Bertz CT molecular complexity index is 1260. The number of rotatable bonds is 11. The topological polar surface area (TPSA) is 60.9 Å². The van der Waals surface area contributed by atoms with E-state index in [1.807, 2.05) is 83.8 Å². The Balaban J connectivity index is 1.53. The van der Waals surface area contributed by atoms with Crippen LogP contribution in [0.25, 0.3) is 0 Å². The van der Waals surface area contributed by atoms with E-state index in [-0.39, 0.29) is 5.91 Å². The van der Waals surface area contributed by atoms with Crippen molar-refractivity contribution in [2.24, 2.45) is 0 Å². The van der Waals surface area contributed by atoms with E-state index in [2.05, 4.69) is 4.98 Å². The number of nitrogens with zero attached hydrogens (tertiary/aromatic N) is 2. The second-order valence-electron chi connectivity index (χ2n) is 8.29. The molecule has 36 heavy (non-hydrogen) atoms. The summed E-state index contributed by atoms with van der Waals surface area (Å²) in [5.74, 6) is 1.85. The highest BCUT2D eigenvalue weighted by Crippen LogP contribution is 2.29. The van der Waals surface area contributed by atoms with Crippen LogP contribution in [0.2, 0.25) is 0 Å². The van der Waals surface area contributed by atoms with Gasteiger partial charge in [-0.3, -0.25) is 9.78 Å². The SMILES string of the molecule is COc1cccc(C(=O)N(CCc2ccccn2)Cc2ccc(OCc3ccccc3)c(OC)c2)c1. The summed E-state index contributed by atoms with van der Waals surface area (Å²) >= 11 is 0. The molecule has 0 aliphatic carbocycles. The summed E-state index contributed by atoms with van der Waals surface area (Å²) in [5.41, 5.74) is 3.53. The van der Waals surface area contributed by atoms with Crippen LogP contribution in [0.5, 0.6) is 17.2 Å². The molecule has 1 amide bonds. The summed E-state index contributed by atoms with van der Waals surface area (Å²) in [7, 11) is 3.21. The van der Waals surface area contributed by atoms with Gasteiger partial charge in [0.1, 0.15) is 12.4 Å². The fourth-order valence-corrected chi connectivity index (χ4v) is 3.87. The molecule has 0 spiro atoms. The number of benzene rings is 3. The highest BCUT2D eigenvalue weighted by atomic mass is 16.5. The van der Waals surface area contributed by atoms with Gasteiger partial charge in [0.15, 0.2) is 11.5 Å². The van der Waals surface area contributed by atoms with Crippen molar-refractivity contribution < 1.29 is 19.0 Å². The Labute approximate surface area is 212 Å². The van der Waals surface area contributed by atoms with E-state index in [4.69, 9.17) is 14.2 Å². The first kappa shape index (κ1) is 24.8. The highest BCUT2D eigenvalue weighted by molar-refractivity contribution is 5.94. The van der Waals surface area contributed by atoms with Crippen molar-refractivity contribution in [3.63, 3.8) is 0 Å². The molecular weight excluding hydrogens is 452 g/mol. The molecule has 0 radical (unpaired) electrons. The number of hydrogen-bond donors (Lipinski definition) is 0. The van der Waals surface area contributed by atoms with E-state index in [0.29, 0.717) is 48.9 Å². The van der Waals surface area contributed by atoms with Crippen LogP contribution in [-0.4, -0.2) is 36.6 Å². The van der Waals surface area contributed by atoms with Crippen LogP contribution in [0.1, 0.15) is 27.2 Å². The number of methoxy groups -OCH3 is 2. The van der Waals surface area contributed by atoms with E-state index >= 15 is 0 Å². The van der Waals surface area contributed by atoms with Gasteiger partial charge in [-0.15, -0.1) is 0 Å². The number of amides is 1. The summed E-state index contributed by atoms with van der Waals surface area (Å²) in [5, 5.41) is 0. The first-order valence-electron chi connectivity index (χ1n) is 11.8.